The van der Waals surface area contributed by atoms with Gasteiger partial charge < -0.3 is 25.2 Å². The lowest BCUT2D eigenvalue weighted by atomic mass is 10.2. The summed E-state index contributed by atoms with van der Waals surface area (Å²) in [4.78, 5) is 17.5. The fraction of sp³-hybridized carbons (Fsp3) is 0.476. The van der Waals surface area contributed by atoms with Crippen molar-refractivity contribution in [1.29, 1.82) is 0 Å². The Morgan fingerprint density at radius 3 is 2.62 bits per heavy atom. The molecule has 1 fully saturated rings. The lowest BCUT2D eigenvalue weighted by Gasteiger charge is -2.37. The number of ether oxygens (including phenoxy) is 1. The first-order valence-corrected chi connectivity index (χ1v) is 10.7. The van der Waals surface area contributed by atoms with E-state index < -0.39 is 0 Å². The fourth-order valence-corrected chi connectivity index (χ4v) is 4.52. The number of urea groups is 1. The van der Waals surface area contributed by atoms with Gasteiger partial charge in [0, 0.05) is 30.2 Å². The second-order valence-corrected chi connectivity index (χ2v) is 8.64. The number of halogens is 1. The molecule has 0 saturated carbocycles. The van der Waals surface area contributed by atoms with Gasteiger partial charge in [0.15, 0.2) is 0 Å². The molecule has 3 rings (SSSR count). The monoisotopic (exact) mass is 420 g/mol. The quantitative estimate of drug-likeness (QED) is 0.744. The van der Waals surface area contributed by atoms with Crippen LogP contribution in [0.15, 0.2) is 35.7 Å². The first-order chi connectivity index (χ1) is 13.8. The summed E-state index contributed by atoms with van der Waals surface area (Å²) in [5, 5.41) is 7.62. The van der Waals surface area contributed by atoms with E-state index in [1.165, 1.54) is 10.9 Å². The number of hydrogen-bond donors (Lipinski definition) is 2. The van der Waals surface area contributed by atoms with E-state index in [1.54, 1.807) is 23.5 Å². The van der Waals surface area contributed by atoms with Crippen LogP contribution in [0.2, 0.25) is 0 Å². The number of nitrogens with zero attached hydrogens (tertiary/aromatic N) is 2. The van der Waals surface area contributed by atoms with E-state index in [1.807, 2.05) is 44.3 Å². The smallest absolute Gasteiger partial charge is 0.319 e. The minimum Gasteiger partial charge on any atom is -0.372 e. The molecule has 3 unspecified atom stereocenters. The van der Waals surface area contributed by atoms with Crippen molar-refractivity contribution in [1.82, 2.24) is 10.2 Å². The fourth-order valence-electron chi connectivity index (χ4n) is 3.60. The van der Waals surface area contributed by atoms with Crippen LogP contribution in [0.3, 0.4) is 0 Å². The largest absolute Gasteiger partial charge is 0.372 e. The summed E-state index contributed by atoms with van der Waals surface area (Å²) in [6, 6.07) is 8.59. The number of nitrogens with one attached hydrogen (secondary N) is 2. The zero-order valence-corrected chi connectivity index (χ0v) is 18.1. The number of hydrogen-bond acceptors (Lipinski definition) is 5. The Morgan fingerprint density at radius 1 is 1.31 bits per heavy atom. The van der Waals surface area contributed by atoms with Crippen molar-refractivity contribution >= 4 is 28.7 Å². The van der Waals surface area contributed by atoms with Crippen LogP contribution < -0.4 is 15.5 Å². The summed E-state index contributed by atoms with van der Waals surface area (Å²) in [6.07, 6.45) is 0.101. The molecule has 0 radical (unpaired) electrons. The Morgan fingerprint density at radius 2 is 2.03 bits per heavy atom. The van der Waals surface area contributed by atoms with Crippen LogP contribution in [0.1, 0.15) is 24.8 Å². The van der Waals surface area contributed by atoms with Crippen molar-refractivity contribution < 1.29 is 13.9 Å². The van der Waals surface area contributed by atoms with Gasteiger partial charge in [-0.15, -0.1) is 11.3 Å². The van der Waals surface area contributed by atoms with Crippen LogP contribution in [0, 0.1) is 5.82 Å². The summed E-state index contributed by atoms with van der Waals surface area (Å²) in [6.45, 7) is 5.71. The maximum absolute atomic E-state index is 14.7. The molecule has 1 aromatic carbocycles. The van der Waals surface area contributed by atoms with E-state index in [9.17, 15) is 9.18 Å². The standard InChI is InChI=1S/C21H29FN4O2S/c1-14-12-26(13-15(2)28-14)18-8-7-16(10-17(18)22)24-21(27)23-11-19(25(3)4)20-6-5-9-29-20/h5-10,14-15,19H,11-13H2,1-4H3,(H2,23,24,27). The van der Waals surface area contributed by atoms with E-state index in [2.05, 4.69) is 21.6 Å². The predicted molar refractivity (Wildman–Crippen MR) is 116 cm³/mol. The Bertz CT molecular complexity index is 805. The number of anilines is 2. The van der Waals surface area contributed by atoms with Crippen LogP contribution >= 0.6 is 11.3 Å². The van der Waals surface area contributed by atoms with Gasteiger partial charge in [-0.1, -0.05) is 6.07 Å². The zero-order valence-electron chi connectivity index (χ0n) is 17.3. The second kappa shape index (κ2) is 9.56. The maximum atomic E-state index is 14.7. The molecule has 1 aromatic heterocycles. The number of carbonyl (C=O) groups excluding carboxylic acids is 1. The Balaban J connectivity index is 1.58. The molecule has 1 aliphatic rings. The van der Waals surface area contributed by atoms with Crippen LogP contribution in [-0.2, 0) is 4.74 Å². The minimum atomic E-state index is -0.353. The molecule has 0 spiro atoms. The third kappa shape index (κ3) is 5.68. The van der Waals surface area contributed by atoms with Gasteiger partial charge in [-0.05, 0) is 57.6 Å². The molecule has 0 aliphatic carbocycles. The first-order valence-electron chi connectivity index (χ1n) is 9.78. The molecular formula is C21H29FN4O2S. The molecule has 8 heteroatoms. The predicted octanol–water partition coefficient (Wildman–Crippen LogP) is 3.93. The molecule has 29 heavy (non-hydrogen) atoms. The molecule has 2 aromatic rings. The van der Waals surface area contributed by atoms with Gasteiger partial charge in [0.25, 0.3) is 0 Å². The molecular weight excluding hydrogens is 391 g/mol. The molecule has 1 saturated heterocycles. The van der Waals surface area contributed by atoms with Gasteiger partial charge in [-0.3, -0.25) is 0 Å². The van der Waals surface area contributed by atoms with Crippen molar-refractivity contribution in [2.45, 2.75) is 32.1 Å². The summed E-state index contributed by atoms with van der Waals surface area (Å²) in [7, 11) is 3.96. The molecule has 2 N–H and O–H groups in total. The van der Waals surface area contributed by atoms with Gasteiger partial charge in [0.2, 0.25) is 0 Å². The summed E-state index contributed by atoms with van der Waals surface area (Å²) >= 11 is 1.66. The lowest BCUT2D eigenvalue weighted by Crippen LogP contribution is -2.45. The molecule has 0 bridgehead atoms. The highest BCUT2D eigenvalue weighted by atomic mass is 32.1. The van der Waals surface area contributed by atoms with E-state index in [4.69, 9.17) is 4.74 Å². The zero-order chi connectivity index (χ0) is 21.0. The Kier molecular flexibility index (Phi) is 7.10. The van der Waals surface area contributed by atoms with Crippen molar-refractivity contribution in [2.24, 2.45) is 0 Å². The highest BCUT2D eigenvalue weighted by Crippen LogP contribution is 2.26. The van der Waals surface area contributed by atoms with Crippen LogP contribution in [0.25, 0.3) is 0 Å². The topological polar surface area (TPSA) is 56.8 Å². The normalized spacial score (nSPS) is 20.6. The van der Waals surface area contributed by atoms with E-state index in [0.29, 0.717) is 31.0 Å². The van der Waals surface area contributed by atoms with Crippen molar-refractivity contribution in [3.63, 3.8) is 0 Å². The highest BCUT2D eigenvalue weighted by molar-refractivity contribution is 7.10. The number of amides is 2. The van der Waals surface area contributed by atoms with Crippen molar-refractivity contribution in [2.75, 3.05) is 43.9 Å². The molecule has 2 amide bonds. The number of benzene rings is 1. The average Bonchev–Trinajstić information content (AvgIpc) is 3.15. The van der Waals surface area contributed by atoms with Crippen LogP contribution in [0.5, 0.6) is 0 Å². The summed E-state index contributed by atoms with van der Waals surface area (Å²) in [5.41, 5.74) is 0.957. The highest BCUT2D eigenvalue weighted by Gasteiger charge is 2.24. The van der Waals surface area contributed by atoms with Crippen LogP contribution in [0.4, 0.5) is 20.6 Å². The third-order valence-corrected chi connectivity index (χ3v) is 5.89. The van der Waals surface area contributed by atoms with Gasteiger partial charge in [0.1, 0.15) is 5.82 Å². The Labute approximate surface area is 175 Å². The van der Waals surface area contributed by atoms with Crippen molar-refractivity contribution in [3.8, 4) is 0 Å². The minimum absolute atomic E-state index is 0.0507. The number of morpholine rings is 1. The summed E-state index contributed by atoms with van der Waals surface area (Å²) in [5.74, 6) is -0.353. The molecule has 1 aliphatic heterocycles. The van der Waals surface area contributed by atoms with Gasteiger partial charge >= 0.3 is 6.03 Å². The molecule has 158 valence electrons. The van der Waals surface area contributed by atoms with E-state index >= 15 is 0 Å². The van der Waals surface area contributed by atoms with Gasteiger partial charge in [-0.25, -0.2) is 9.18 Å². The van der Waals surface area contributed by atoms with E-state index in [0.717, 1.165) is 0 Å². The third-order valence-electron chi connectivity index (χ3n) is 4.92. The van der Waals surface area contributed by atoms with Crippen LogP contribution in [-0.4, -0.2) is 56.9 Å². The number of likely N-dealkylation sites (N-methyl/N-ethyl adjacent to an activating group) is 1. The Hall–Kier alpha value is -2.16. The number of thiophene rings is 1. The van der Waals surface area contributed by atoms with Gasteiger partial charge in [-0.2, -0.15) is 0 Å². The second-order valence-electron chi connectivity index (χ2n) is 7.66. The van der Waals surface area contributed by atoms with Crippen molar-refractivity contribution in [3.05, 3.63) is 46.4 Å². The average molecular weight is 421 g/mol. The molecule has 2 heterocycles. The number of carbonyl (C=O) groups is 1. The summed E-state index contributed by atoms with van der Waals surface area (Å²) < 4.78 is 20.4. The molecule has 3 atom stereocenters. The maximum Gasteiger partial charge on any atom is 0.319 e. The van der Waals surface area contributed by atoms with E-state index in [-0.39, 0.29) is 30.1 Å². The van der Waals surface area contributed by atoms with Gasteiger partial charge in [0.05, 0.1) is 23.9 Å². The lowest BCUT2D eigenvalue weighted by molar-refractivity contribution is -0.00539. The SMILES string of the molecule is CC1CN(c2ccc(NC(=O)NCC(c3cccs3)N(C)C)cc2F)CC(C)O1. The molecule has 6 nitrogen and oxygen atoms in total. The first kappa shape index (κ1) is 21.5. The number of rotatable bonds is 6.